The molecule has 1 heterocycles. The number of aliphatic hydroxyl groups excluding tert-OH is 1. The zero-order valence-corrected chi connectivity index (χ0v) is 12.0. The number of aliphatic hydroxyl groups is 1. The number of aromatic amines is 1. The number of nitrogens with one attached hydrogen (secondary N) is 1. The fourth-order valence-electron chi connectivity index (χ4n) is 2.14. The Labute approximate surface area is 119 Å². The number of allylic oxidation sites excluding steroid dienone is 1. The smallest absolute Gasteiger partial charge is 0.137 e. The summed E-state index contributed by atoms with van der Waals surface area (Å²) in [6.07, 6.45) is 2.46. The average Bonchev–Trinajstić information content (AvgIpc) is 2.85. The van der Waals surface area contributed by atoms with Crippen molar-refractivity contribution in [1.82, 2.24) is 4.98 Å². The van der Waals surface area contributed by atoms with Crippen LogP contribution in [0.3, 0.4) is 0 Å². The minimum atomic E-state index is 0.178. The molecule has 0 aliphatic carbocycles. The van der Waals surface area contributed by atoms with Crippen molar-refractivity contribution in [3.05, 3.63) is 48.0 Å². The predicted molar refractivity (Wildman–Crippen MR) is 85.6 cm³/mol. The lowest BCUT2D eigenvalue weighted by Crippen LogP contribution is -1.89. The quantitative estimate of drug-likeness (QED) is 0.792. The molecule has 0 saturated carbocycles. The Bertz CT molecular complexity index is 621. The first-order chi connectivity index (χ1) is 9.65. The van der Waals surface area contributed by atoms with E-state index in [1.54, 1.807) is 6.21 Å². The summed E-state index contributed by atoms with van der Waals surface area (Å²) in [7, 11) is 0. The van der Waals surface area contributed by atoms with Crippen LogP contribution in [0, 0.1) is 0 Å². The third kappa shape index (κ3) is 3.06. The standard InChI is InChI=1S/C17H20N2O/c1-4-18-17-15(12(2)3)11-16(19-17)14-7-5-13(6-8-14)9-10-20/h4-8,11,19-20H,2,9-10H2,1,3H3. The van der Waals surface area contributed by atoms with Gasteiger partial charge in [-0.25, -0.2) is 4.99 Å². The van der Waals surface area contributed by atoms with E-state index < -0.39 is 0 Å². The van der Waals surface area contributed by atoms with Gasteiger partial charge in [0.05, 0.1) is 0 Å². The normalized spacial score (nSPS) is 11.2. The van der Waals surface area contributed by atoms with Gasteiger partial charge in [-0.15, -0.1) is 0 Å². The minimum Gasteiger partial charge on any atom is -0.396 e. The fourth-order valence-corrected chi connectivity index (χ4v) is 2.14. The van der Waals surface area contributed by atoms with Crippen molar-refractivity contribution in [3.8, 4) is 11.3 Å². The highest BCUT2D eigenvalue weighted by molar-refractivity contribution is 5.78. The molecule has 2 aromatic rings. The van der Waals surface area contributed by atoms with E-state index in [1.807, 2.05) is 26.0 Å². The molecule has 0 amide bonds. The molecule has 3 nitrogen and oxygen atoms in total. The molecule has 0 radical (unpaired) electrons. The molecule has 0 bridgehead atoms. The predicted octanol–water partition coefficient (Wildman–Crippen LogP) is 3.97. The number of benzene rings is 1. The first-order valence-electron chi connectivity index (χ1n) is 6.73. The number of hydrogen-bond donors (Lipinski definition) is 2. The zero-order valence-electron chi connectivity index (χ0n) is 12.0. The van der Waals surface area contributed by atoms with Gasteiger partial charge in [0.1, 0.15) is 5.82 Å². The first-order valence-corrected chi connectivity index (χ1v) is 6.73. The lowest BCUT2D eigenvalue weighted by molar-refractivity contribution is 0.299. The van der Waals surface area contributed by atoms with Crippen LogP contribution in [0.25, 0.3) is 16.8 Å². The van der Waals surface area contributed by atoms with E-state index in [4.69, 9.17) is 5.11 Å². The highest BCUT2D eigenvalue weighted by Crippen LogP contribution is 2.31. The van der Waals surface area contributed by atoms with E-state index >= 15 is 0 Å². The summed E-state index contributed by atoms with van der Waals surface area (Å²) in [4.78, 5) is 7.67. The van der Waals surface area contributed by atoms with Crippen molar-refractivity contribution >= 4 is 17.6 Å². The third-order valence-electron chi connectivity index (χ3n) is 3.18. The molecule has 20 heavy (non-hydrogen) atoms. The topological polar surface area (TPSA) is 48.4 Å². The van der Waals surface area contributed by atoms with Gasteiger partial charge in [0, 0.05) is 24.1 Å². The second kappa shape index (κ2) is 6.35. The second-order valence-electron chi connectivity index (χ2n) is 4.78. The van der Waals surface area contributed by atoms with Gasteiger partial charge >= 0.3 is 0 Å². The van der Waals surface area contributed by atoms with Crippen LogP contribution in [0.1, 0.15) is 25.0 Å². The van der Waals surface area contributed by atoms with Crippen molar-refractivity contribution in [2.75, 3.05) is 6.61 Å². The number of rotatable bonds is 5. The molecule has 104 valence electrons. The highest BCUT2D eigenvalue weighted by Gasteiger charge is 2.09. The maximum Gasteiger partial charge on any atom is 0.137 e. The number of nitrogens with zero attached hydrogens (tertiary/aromatic N) is 1. The molecule has 0 aliphatic rings. The molecular weight excluding hydrogens is 248 g/mol. The van der Waals surface area contributed by atoms with Gasteiger partial charge in [-0.05, 0) is 43.0 Å². The van der Waals surface area contributed by atoms with Crippen molar-refractivity contribution in [3.63, 3.8) is 0 Å². The Morgan fingerprint density at radius 2 is 2.05 bits per heavy atom. The molecule has 1 aromatic carbocycles. The molecule has 0 atom stereocenters. The Hall–Kier alpha value is -2.13. The summed E-state index contributed by atoms with van der Waals surface area (Å²) >= 11 is 0. The van der Waals surface area contributed by atoms with Gasteiger partial charge in [-0.2, -0.15) is 0 Å². The van der Waals surface area contributed by atoms with E-state index in [9.17, 15) is 0 Å². The number of aromatic nitrogens is 1. The van der Waals surface area contributed by atoms with E-state index in [0.29, 0.717) is 6.42 Å². The largest absolute Gasteiger partial charge is 0.396 e. The fraction of sp³-hybridized carbons (Fsp3) is 0.235. The van der Waals surface area contributed by atoms with E-state index in [2.05, 4.69) is 34.8 Å². The zero-order chi connectivity index (χ0) is 14.5. The Morgan fingerprint density at radius 3 is 2.60 bits per heavy atom. The second-order valence-corrected chi connectivity index (χ2v) is 4.78. The van der Waals surface area contributed by atoms with Gasteiger partial charge < -0.3 is 10.1 Å². The van der Waals surface area contributed by atoms with Crippen molar-refractivity contribution in [2.24, 2.45) is 4.99 Å². The maximum atomic E-state index is 8.93. The summed E-state index contributed by atoms with van der Waals surface area (Å²) < 4.78 is 0. The van der Waals surface area contributed by atoms with Crippen LogP contribution in [0.15, 0.2) is 41.9 Å². The molecule has 0 fully saturated rings. The monoisotopic (exact) mass is 268 g/mol. The van der Waals surface area contributed by atoms with E-state index in [1.165, 1.54) is 0 Å². The van der Waals surface area contributed by atoms with Crippen molar-refractivity contribution in [2.45, 2.75) is 20.3 Å². The van der Waals surface area contributed by atoms with Crippen LogP contribution in [0.5, 0.6) is 0 Å². The van der Waals surface area contributed by atoms with Gasteiger partial charge in [0.15, 0.2) is 0 Å². The number of aliphatic imine (C=N–C) groups is 1. The summed E-state index contributed by atoms with van der Waals surface area (Å²) in [6.45, 7) is 8.04. The van der Waals surface area contributed by atoms with Gasteiger partial charge in [0.25, 0.3) is 0 Å². The Kier molecular flexibility index (Phi) is 4.53. The molecular formula is C17H20N2O. The average molecular weight is 268 g/mol. The maximum absolute atomic E-state index is 8.93. The van der Waals surface area contributed by atoms with Gasteiger partial charge in [-0.3, -0.25) is 0 Å². The van der Waals surface area contributed by atoms with Crippen LogP contribution in [-0.4, -0.2) is 22.9 Å². The Balaban J connectivity index is 2.37. The van der Waals surface area contributed by atoms with Gasteiger partial charge in [0.2, 0.25) is 0 Å². The molecule has 0 saturated heterocycles. The molecule has 2 N–H and O–H groups in total. The van der Waals surface area contributed by atoms with Crippen LogP contribution in [0.4, 0.5) is 5.82 Å². The molecule has 0 spiro atoms. The van der Waals surface area contributed by atoms with Crippen LogP contribution in [0.2, 0.25) is 0 Å². The van der Waals surface area contributed by atoms with Crippen molar-refractivity contribution < 1.29 is 5.11 Å². The highest BCUT2D eigenvalue weighted by atomic mass is 16.2. The molecule has 0 unspecified atom stereocenters. The lowest BCUT2D eigenvalue weighted by atomic mass is 10.1. The first kappa shape index (κ1) is 14.3. The number of H-pyrrole nitrogens is 1. The summed E-state index contributed by atoms with van der Waals surface area (Å²) in [5.41, 5.74) is 5.29. The molecule has 3 heteroatoms. The minimum absolute atomic E-state index is 0.178. The summed E-state index contributed by atoms with van der Waals surface area (Å²) in [5.74, 6) is 0.842. The SMILES string of the molecule is C=C(C)c1cc(-c2ccc(CCO)cc2)[nH]c1N=CC. The van der Waals surface area contributed by atoms with Crippen molar-refractivity contribution in [1.29, 1.82) is 0 Å². The van der Waals surface area contributed by atoms with Crippen LogP contribution < -0.4 is 0 Å². The lowest BCUT2D eigenvalue weighted by Gasteiger charge is -2.01. The molecule has 2 rings (SSSR count). The molecule has 0 aliphatic heterocycles. The van der Waals surface area contributed by atoms with E-state index in [0.717, 1.165) is 33.8 Å². The van der Waals surface area contributed by atoms with Crippen LogP contribution in [-0.2, 0) is 6.42 Å². The summed E-state index contributed by atoms with van der Waals surface area (Å²) in [5, 5.41) is 8.93. The third-order valence-corrected chi connectivity index (χ3v) is 3.18. The van der Waals surface area contributed by atoms with Gasteiger partial charge in [-0.1, -0.05) is 30.8 Å². The van der Waals surface area contributed by atoms with Crippen LogP contribution >= 0.6 is 0 Å². The molecule has 1 aromatic heterocycles. The number of hydrogen-bond acceptors (Lipinski definition) is 2. The van der Waals surface area contributed by atoms with E-state index in [-0.39, 0.29) is 6.61 Å². The Morgan fingerprint density at radius 1 is 1.35 bits per heavy atom. The summed E-state index contributed by atoms with van der Waals surface area (Å²) in [6, 6.07) is 10.3.